The summed E-state index contributed by atoms with van der Waals surface area (Å²) in [5.74, 6) is 0.0204. The maximum atomic E-state index is 11.3. The number of pyridine rings is 1. The van der Waals surface area contributed by atoms with E-state index in [4.69, 9.17) is 16.0 Å². The Labute approximate surface area is 158 Å². The molecule has 8 nitrogen and oxygen atoms in total. The van der Waals surface area contributed by atoms with Crippen molar-refractivity contribution in [1.29, 1.82) is 0 Å². The van der Waals surface area contributed by atoms with E-state index >= 15 is 0 Å². The van der Waals surface area contributed by atoms with Gasteiger partial charge in [-0.1, -0.05) is 11.6 Å². The van der Waals surface area contributed by atoms with Gasteiger partial charge >= 0.3 is 6.09 Å². The number of anilines is 1. The van der Waals surface area contributed by atoms with Gasteiger partial charge in [0, 0.05) is 24.8 Å². The first kappa shape index (κ1) is 16.2. The Morgan fingerprint density at radius 3 is 2.67 bits per heavy atom. The summed E-state index contributed by atoms with van der Waals surface area (Å²) in [5, 5.41) is 20.0. The Bertz CT molecular complexity index is 1040. The summed E-state index contributed by atoms with van der Waals surface area (Å²) in [6, 6.07) is 7.06. The molecule has 3 aromatic rings. The van der Waals surface area contributed by atoms with Crippen molar-refractivity contribution in [1.82, 2.24) is 14.9 Å². The third kappa shape index (κ3) is 2.48. The van der Waals surface area contributed by atoms with Gasteiger partial charge in [-0.2, -0.15) is 4.98 Å². The highest BCUT2D eigenvalue weighted by Crippen LogP contribution is 2.39. The highest BCUT2D eigenvalue weighted by atomic mass is 35.5. The van der Waals surface area contributed by atoms with Crippen LogP contribution in [0.25, 0.3) is 22.4 Å². The summed E-state index contributed by atoms with van der Waals surface area (Å²) in [5.41, 5.74) is 2.15. The molecule has 2 aromatic heterocycles. The second kappa shape index (κ2) is 5.75. The van der Waals surface area contributed by atoms with Crippen LogP contribution in [-0.4, -0.2) is 56.3 Å². The number of amides is 1. The van der Waals surface area contributed by atoms with E-state index < -0.39 is 6.09 Å². The van der Waals surface area contributed by atoms with Gasteiger partial charge in [-0.15, -0.1) is 0 Å². The summed E-state index contributed by atoms with van der Waals surface area (Å²) in [4.78, 5) is 23.4. The number of carbonyl (C=O) groups is 1. The van der Waals surface area contributed by atoms with Crippen LogP contribution in [0, 0.1) is 0 Å². The summed E-state index contributed by atoms with van der Waals surface area (Å²) in [6.45, 7) is 1.04. The average molecular weight is 387 g/mol. The van der Waals surface area contributed by atoms with Gasteiger partial charge in [0.1, 0.15) is 5.75 Å². The standard InChI is InChI=1S/C18H15ClN4O4/c19-9-1-3-13(20-6-9)12-2-4-14(24)15-16(12)27-17(21-15)22-7-10-5-11(8-22)23(10)18(25)26/h1-4,6,10-11,24H,5,7-8H2,(H,25,26). The quantitative estimate of drug-likeness (QED) is 0.697. The van der Waals surface area contributed by atoms with Gasteiger partial charge in [0.25, 0.3) is 6.01 Å². The molecule has 5 heterocycles. The number of piperazine rings is 1. The number of aromatic nitrogens is 2. The lowest BCUT2D eigenvalue weighted by molar-refractivity contribution is 0.0101. The molecule has 9 heteroatoms. The second-order valence-corrected chi connectivity index (χ2v) is 7.24. The molecule has 138 valence electrons. The van der Waals surface area contributed by atoms with Crippen molar-refractivity contribution in [3.05, 3.63) is 35.5 Å². The number of aromatic hydroxyl groups is 1. The highest BCUT2D eigenvalue weighted by Gasteiger charge is 2.48. The van der Waals surface area contributed by atoms with E-state index in [0.29, 0.717) is 46.5 Å². The number of hydrogen-bond donors (Lipinski definition) is 2. The van der Waals surface area contributed by atoms with Crippen LogP contribution in [0.1, 0.15) is 6.42 Å². The van der Waals surface area contributed by atoms with Crippen LogP contribution in [0.4, 0.5) is 10.8 Å². The molecule has 3 aliphatic rings. The first-order valence-corrected chi connectivity index (χ1v) is 8.89. The molecule has 2 bridgehead atoms. The van der Waals surface area contributed by atoms with Gasteiger partial charge in [-0.3, -0.25) is 9.88 Å². The number of oxazole rings is 1. The minimum absolute atomic E-state index is 0.0204. The van der Waals surface area contributed by atoms with Crippen LogP contribution in [0.5, 0.6) is 5.75 Å². The Hall–Kier alpha value is -3.00. The number of phenolic OH excluding ortho intramolecular Hbond substituents is 1. The normalized spacial score (nSPS) is 21.4. The van der Waals surface area contributed by atoms with Crippen LogP contribution < -0.4 is 4.90 Å². The SMILES string of the molecule is O=C(O)N1C2CC1CN(c1nc3c(O)ccc(-c4ccc(Cl)cn4)c3o1)C2. The molecule has 3 saturated heterocycles. The number of halogens is 1. The number of hydrogen-bond acceptors (Lipinski definition) is 6. The Morgan fingerprint density at radius 1 is 1.22 bits per heavy atom. The van der Waals surface area contributed by atoms with E-state index in [9.17, 15) is 15.0 Å². The van der Waals surface area contributed by atoms with Crippen molar-refractivity contribution in [2.75, 3.05) is 18.0 Å². The molecular formula is C18H15ClN4O4. The molecule has 1 amide bonds. The molecule has 3 fully saturated rings. The molecule has 2 N–H and O–H groups in total. The first-order chi connectivity index (χ1) is 13.0. The average Bonchev–Trinajstić information content (AvgIpc) is 3.09. The lowest BCUT2D eigenvalue weighted by atomic mass is 9.88. The van der Waals surface area contributed by atoms with Crippen molar-refractivity contribution in [3.63, 3.8) is 0 Å². The molecule has 6 rings (SSSR count). The monoisotopic (exact) mass is 386 g/mol. The van der Waals surface area contributed by atoms with Crippen molar-refractivity contribution in [2.24, 2.45) is 0 Å². The van der Waals surface area contributed by atoms with Gasteiger partial charge in [-0.25, -0.2) is 4.79 Å². The van der Waals surface area contributed by atoms with E-state index in [1.807, 2.05) is 4.90 Å². The van der Waals surface area contributed by atoms with Gasteiger partial charge in [-0.05, 0) is 30.7 Å². The third-order valence-electron chi connectivity index (χ3n) is 5.20. The fraction of sp³-hybridized carbons (Fsp3) is 0.278. The molecule has 0 saturated carbocycles. The smallest absolute Gasteiger partial charge is 0.407 e. The molecule has 0 radical (unpaired) electrons. The molecule has 0 aliphatic carbocycles. The number of benzene rings is 1. The molecule has 2 atom stereocenters. The van der Waals surface area contributed by atoms with Gasteiger partial charge in [0.15, 0.2) is 11.1 Å². The summed E-state index contributed by atoms with van der Waals surface area (Å²) in [6.07, 6.45) is 1.52. The number of rotatable bonds is 2. The lowest BCUT2D eigenvalue weighted by Gasteiger charge is -2.54. The topological polar surface area (TPSA) is 103 Å². The number of phenols is 1. The van der Waals surface area contributed by atoms with Crippen molar-refractivity contribution in [3.8, 4) is 17.0 Å². The Kier molecular flexibility index (Phi) is 3.45. The van der Waals surface area contributed by atoms with Crippen LogP contribution >= 0.6 is 11.6 Å². The summed E-state index contributed by atoms with van der Waals surface area (Å²) in [7, 11) is 0. The number of piperidine rings is 1. The molecular weight excluding hydrogens is 372 g/mol. The fourth-order valence-corrected chi connectivity index (χ4v) is 4.04. The molecule has 27 heavy (non-hydrogen) atoms. The fourth-order valence-electron chi connectivity index (χ4n) is 3.93. The van der Waals surface area contributed by atoms with Gasteiger partial charge in [0.05, 0.1) is 22.8 Å². The van der Waals surface area contributed by atoms with Crippen LogP contribution in [-0.2, 0) is 0 Å². The largest absolute Gasteiger partial charge is 0.506 e. The number of carboxylic acid groups (broad SMARTS) is 1. The minimum atomic E-state index is -0.887. The number of fused-ring (bicyclic) bond motifs is 3. The molecule has 3 aliphatic heterocycles. The zero-order valence-electron chi connectivity index (χ0n) is 14.0. The summed E-state index contributed by atoms with van der Waals surface area (Å²) >= 11 is 5.91. The predicted molar refractivity (Wildman–Crippen MR) is 98.2 cm³/mol. The van der Waals surface area contributed by atoms with Crippen molar-refractivity contribution < 1.29 is 19.4 Å². The first-order valence-electron chi connectivity index (χ1n) is 8.52. The lowest BCUT2D eigenvalue weighted by Crippen LogP contribution is -2.70. The summed E-state index contributed by atoms with van der Waals surface area (Å²) < 4.78 is 5.98. The zero-order chi connectivity index (χ0) is 18.7. The maximum Gasteiger partial charge on any atom is 0.407 e. The third-order valence-corrected chi connectivity index (χ3v) is 5.42. The predicted octanol–water partition coefficient (Wildman–Crippen LogP) is 3.19. The van der Waals surface area contributed by atoms with Crippen LogP contribution in [0.2, 0.25) is 5.02 Å². The van der Waals surface area contributed by atoms with E-state index in [1.165, 1.54) is 4.90 Å². The minimum Gasteiger partial charge on any atom is -0.506 e. The molecule has 0 spiro atoms. The van der Waals surface area contributed by atoms with E-state index in [2.05, 4.69) is 9.97 Å². The Morgan fingerprint density at radius 2 is 2.00 bits per heavy atom. The van der Waals surface area contributed by atoms with Crippen molar-refractivity contribution >= 4 is 34.8 Å². The van der Waals surface area contributed by atoms with Gasteiger partial charge < -0.3 is 19.5 Å². The van der Waals surface area contributed by atoms with Gasteiger partial charge in [0.2, 0.25) is 0 Å². The van der Waals surface area contributed by atoms with E-state index in [1.54, 1.807) is 30.5 Å². The van der Waals surface area contributed by atoms with E-state index in [0.717, 1.165) is 6.42 Å². The molecule has 1 aromatic carbocycles. The Balaban J connectivity index is 1.52. The maximum absolute atomic E-state index is 11.3. The van der Waals surface area contributed by atoms with E-state index in [-0.39, 0.29) is 17.8 Å². The van der Waals surface area contributed by atoms with Crippen LogP contribution in [0.15, 0.2) is 34.9 Å². The van der Waals surface area contributed by atoms with Crippen LogP contribution in [0.3, 0.4) is 0 Å². The zero-order valence-corrected chi connectivity index (χ0v) is 14.8. The molecule has 2 unspecified atom stereocenters. The van der Waals surface area contributed by atoms with Crippen molar-refractivity contribution in [2.45, 2.75) is 18.5 Å². The number of nitrogens with zero attached hydrogens (tertiary/aromatic N) is 4. The second-order valence-electron chi connectivity index (χ2n) is 6.81. The highest BCUT2D eigenvalue weighted by molar-refractivity contribution is 6.30.